The van der Waals surface area contributed by atoms with E-state index in [1.165, 1.54) is 57.4 Å². The number of rotatable bonds is 14. The van der Waals surface area contributed by atoms with E-state index >= 15 is 0 Å². The van der Waals surface area contributed by atoms with Gasteiger partial charge in [-0.05, 0) is 74.6 Å². The molecule has 4 aliphatic rings. The van der Waals surface area contributed by atoms with Crippen LogP contribution in [-0.4, -0.2) is 81.2 Å². The fourth-order valence-electron chi connectivity index (χ4n) is 9.33. The van der Waals surface area contributed by atoms with Crippen molar-refractivity contribution in [3.63, 3.8) is 0 Å². The van der Waals surface area contributed by atoms with E-state index < -0.39 is 19.9 Å². The van der Waals surface area contributed by atoms with Gasteiger partial charge in [0.2, 0.25) is 5.91 Å². The van der Waals surface area contributed by atoms with Crippen molar-refractivity contribution in [2.75, 3.05) is 27.2 Å². The Labute approximate surface area is 303 Å². The van der Waals surface area contributed by atoms with Crippen LogP contribution in [0.4, 0.5) is 0 Å². The number of amides is 1. The van der Waals surface area contributed by atoms with Crippen molar-refractivity contribution in [2.24, 2.45) is 11.8 Å². The third kappa shape index (κ3) is 9.60. The predicted molar refractivity (Wildman–Crippen MR) is 202 cm³/mol. The molecule has 0 bridgehead atoms. The van der Waals surface area contributed by atoms with Crippen LogP contribution in [0.3, 0.4) is 0 Å². The Bertz CT molecular complexity index is 1330. The van der Waals surface area contributed by atoms with Gasteiger partial charge in [-0.2, -0.15) is 5.06 Å². The summed E-state index contributed by atoms with van der Waals surface area (Å²) in [5.74, 6) is 7.50. The minimum Gasteiger partial charge on any atom is -0.461 e. The maximum absolute atomic E-state index is 13.2. The summed E-state index contributed by atoms with van der Waals surface area (Å²) in [6, 6.07) is 8.91. The summed E-state index contributed by atoms with van der Waals surface area (Å²) in [6.07, 6.45) is 14.1. The molecule has 1 aromatic carbocycles. The highest BCUT2D eigenvalue weighted by atomic mass is 28.4. The fourth-order valence-corrected chi connectivity index (χ4v) is 13.9. The average molecular weight is 708 g/mol. The van der Waals surface area contributed by atoms with Crippen LogP contribution in [-0.2, 0) is 30.1 Å². The number of cyclic esters (lactones) is 1. The molecule has 2 saturated heterocycles. The lowest BCUT2D eigenvalue weighted by atomic mass is 9.82. The highest BCUT2D eigenvalue weighted by molar-refractivity contribution is 6.76. The van der Waals surface area contributed by atoms with Gasteiger partial charge in [-0.1, -0.05) is 116 Å². The molecule has 278 valence electrons. The number of carbonyl (C=O) groups is 2. The van der Waals surface area contributed by atoms with Gasteiger partial charge >= 0.3 is 5.97 Å². The number of likely N-dealkylation sites (N-methyl/N-ethyl adjacent to an activating group) is 1. The largest absolute Gasteiger partial charge is 0.461 e. The Morgan fingerprint density at radius 1 is 1.08 bits per heavy atom. The molecule has 4 fully saturated rings. The minimum atomic E-state index is -2.11. The molecule has 2 aliphatic carbocycles. The zero-order valence-corrected chi connectivity index (χ0v) is 33.1. The lowest BCUT2D eigenvalue weighted by Crippen LogP contribution is -2.51. The van der Waals surface area contributed by atoms with Gasteiger partial charge in [0.05, 0.1) is 25.6 Å². The summed E-state index contributed by atoms with van der Waals surface area (Å²) in [5.41, 5.74) is 2.42. The molecule has 50 heavy (non-hydrogen) atoms. The maximum Gasteiger partial charge on any atom is 0.326 e. The Hall–Kier alpha value is -2.22. The van der Waals surface area contributed by atoms with Crippen molar-refractivity contribution in [1.29, 1.82) is 0 Å². The summed E-state index contributed by atoms with van der Waals surface area (Å²) in [4.78, 5) is 34.5. The third-order valence-corrected chi connectivity index (χ3v) is 17.8. The van der Waals surface area contributed by atoms with E-state index in [0.29, 0.717) is 30.8 Å². The first kappa shape index (κ1) is 39.0. The van der Waals surface area contributed by atoms with Gasteiger partial charge in [0.15, 0.2) is 8.32 Å². The van der Waals surface area contributed by atoms with E-state index in [-0.39, 0.29) is 30.0 Å². The number of hydrogen-bond acceptors (Lipinski definition) is 7. The van der Waals surface area contributed by atoms with Crippen LogP contribution in [0.15, 0.2) is 24.3 Å². The monoisotopic (exact) mass is 707 g/mol. The third-order valence-electron chi connectivity index (χ3n) is 12.1. The molecule has 1 aromatic rings. The highest BCUT2D eigenvalue weighted by Crippen LogP contribution is 2.43. The quantitative estimate of drug-likeness (QED) is 0.121. The molecule has 0 spiro atoms. The average Bonchev–Trinajstić information content (AvgIpc) is 3.58. The summed E-state index contributed by atoms with van der Waals surface area (Å²) in [6.45, 7) is 12.7. The molecule has 0 radical (unpaired) electrons. The molecule has 1 amide bonds. The first-order valence-electron chi connectivity index (χ1n) is 19.8. The fraction of sp³-hybridized carbons (Fsp3) is 0.756. The molecule has 2 heterocycles. The van der Waals surface area contributed by atoms with Crippen LogP contribution in [0.2, 0.25) is 17.1 Å². The van der Waals surface area contributed by atoms with E-state index in [2.05, 4.69) is 57.0 Å². The molecule has 5 rings (SSSR count). The molecule has 4 atom stereocenters. The van der Waals surface area contributed by atoms with Gasteiger partial charge in [0.1, 0.15) is 23.8 Å². The summed E-state index contributed by atoms with van der Waals surface area (Å²) < 4.78 is 13.0. The molecular weight excluding hydrogens is 643 g/mol. The second-order valence-corrected chi connectivity index (χ2v) is 21.7. The number of fused-ring (bicyclic) bond motifs is 1. The number of ether oxygens (including phenoxy) is 1. The summed E-state index contributed by atoms with van der Waals surface area (Å²) >= 11 is 0. The number of benzene rings is 1. The molecule has 9 heteroatoms. The second kappa shape index (κ2) is 17.5. The number of hydroxylamine groups is 2. The van der Waals surface area contributed by atoms with Gasteiger partial charge in [-0.25, -0.2) is 0 Å². The van der Waals surface area contributed by atoms with Crippen molar-refractivity contribution in [3.8, 4) is 11.8 Å². The van der Waals surface area contributed by atoms with Crippen LogP contribution in [0, 0.1) is 23.7 Å². The van der Waals surface area contributed by atoms with Crippen LogP contribution >= 0.6 is 0 Å². The first-order valence-corrected chi connectivity index (χ1v) is 22.0. The van der Waals surface area contributed by atoms with Gasteiger partial charge < -0.3 is 19.4 Å². The smallest absolute Gasteiger partial charge is 0.326 e. The second-order valence-electron chi connectivity index (χ2n) is 16.7. The standard InChI is InChI=1S/C41H65N3O5Si/c1-30(2)50(31(3)4,25-15-20-33-16-10-8-11-17-33)47-29-36-38-32(5)48-40(46)39(38)44(49-36)27-35-19-14-18-34(26-35)21-24-41(22-12-9-13-23-41)42-37(45)28-43(6)7/h14,18-19,26,30-33,36,38-39H,8-13,15-17,20,22-23,25,27-29H2,1-7H3,(H,42,45)/t32-,36-,38+,39-/m0/s1. The normalized spacial score (nSPS) is 25.8. The Kier molecular flexibility index (Phi) is 13.7. The molecule has 8 nitrogen and oxygen atoms in total. The number of nitrogens with zero attached hydrogens (tertiary/aromatic N) is 2. The van der Waals surface area contributed by atoms with E-state index in [0.717, 1.165) is 42.7 Å². The van der Waals surface area contributed by atoms with E-state index in [1.807, 2.05) is 43.1 Å². The van der Waals surface area contributed by atoms with Gasteiger partial charge in [0.25, 0.3) is 0 Å². The van der Waals surface area contributed by atoms with Crippen LogP contribution in [0.1, 0.15) is 123 Å². The molecule has 0 unspecified atom stereocenters. The van der Waals surface area contributed by atoms with E-state index in [4.69, 9.17) is 14.0 Å². The lowest BCUT2D eigenvalue weighted by molar-refractivity contribution is -0.195. The van der Waals surface area contributed by atoms with Crippen LogP contribution in [0.25, 0.3) is 0 Å². The Morgan fingerprint density at radius 2 is 1.78 bits per heavy atom. The van der Waals surface area contributed by atoms with Crippen LogP contribution < -0.4 is 5.32 Å². The predicted octanol–water partition coefficient (Wildman–Crippen LogP) is 7.61. The van der Waals surface area contributed by atoms with Crippen LogP contribution in [0.5, 0.6) is 0 Å². The first-order chi connectivity index (χ1) is 23.9. The molecule has 0 aromatic heterocycles. The van der Waals surface area contributed by atoms with E-state index in [9.17, 15) is 9.59 Å². The Morgan fingerprint density at radius 3 is 2.46 bits per heavy atom. The molecule has 2 aliphatic heterocycles. The topological polar surface area (TPSA) is 80.3 Å². The number of nitrogens with one attached hydrogen (secondary N) is 1. The lowest BCUT2D eigenvalue weighted by Gasteiger charge is -2.40. The molecule has 2 saturated carbocycles. The highest BCUT2D eigenvalue weighted by Gasteiger charge is 2.57. The van der Waals surface area contributed by atoms with Crippen molar-refractivity contribution >= 4 is 20.2 Å². The zero-order valence-electron chi connectivity index (χ0n) is 32.1. The number of hydrogen-bond donors (Lipinski definition) is 1. The SMILES string of the molecule is CC(C)[Si](CCCC1CCCCC1)(OC[C@@H]1ON(Cc2cccc(C#CC3(NC(=O)CN(C)C)CCCCC3)c2)[C@@H]2C(=O)O[C@@H](C)[C@H]12)C(C)C. The van der Waals surface area contributed by atoms with Gasteiger partial charge in [-0.3, -0.25) is 14.4 Å². The minimum absolute atomic E-state index is 0.0121. The zero-order chi connectivity index (χ0) is 35.9. The van der Waals surface area contributed by atoms with Crippen molar-refractivity contribution < 1.29 is 23.6 Å². The van der Waals surface area contributed by atoms with Gasteiger partial charge in [-0.15, -0.1) is 0 Å². The summed E-state index contributed by atoms with van der Waals surface area (Å²) in [5, 5.41) is 5.11. The van der Waals surface area contributed by atoms with Gasteiger partial charge in [0, 0.05) is 5.56 Å². The maximum atomic E-state index is 13.2. The van der Waals surface area contributed by atoms with Crippen molar-refractivity contribution in [3.05, 3.63) is 35.4 Å². The number of esters is 1. The van der Waals surface area contributed by atoms with Crippen molar-refractivity contribution in [1.82, 2.24) is 15.3 Å². The molecule has 1 N–H and O–H groups in total. The summed E-state index contributed by atoms with van der Waals surface area (Å²) in [7, 11) is 1.71. The molecular formula is C41H65N3O5Si. The Balaban J connectivity index is 1.27. The number of carbonyl (C=O) groups excluding carboxylic acids is 2. The van der Waals surface area contributed by atoms with E-state index in [1.54, 1.807) is 0 Å². The van der Waals surface area contributed by atoms with Crippen molar-refractivity contribution in [2.45, 2.75) is 159 Å².